The van der Waals surface area contributed by atoms with Gasteiger partial charge in [0, 0.05) is 22.8 Å². The average molecular weight is 276 g/mol. The predicted molar refractivity (Wildman–Crippen MR) is 85.6 cm³/mol. The van der Waals surface area contributed by atoms with E-state index in [1.807, 2.05) is 13.0 Å². The minimum absolute atomic E-state index is 0.0155. The molecule has 0 amide bonds. The maximum absolute atomic E-state index is 11.0. The molecule has 0 saturated carbocycles. The molecular formula is C17H28N2O. The molecule has 0 aromatic carbocycles. The van der Waals surface area contributed by atoms with Gasteiger partial charge in [-0.1, -0.05) is 13.8 Å². The summed E-state index contributed by atoms with van der Waals surface area (Å²) in [6.07, 6.45) is 4.62. The molecular weight excluding hydrogens is 248 g/mol. The van der Waals surface area contributed by atoms with Gasteiger partial charge in [-0.25, -0.2) is 4.98 Å². The van der Waals surface area contributed by atoms with E-state index in [9.17, 15) is 4.79 Å². The standard InChI is InChI=1S/C17H28N2O/c1-8-16(4,5)19(17(6,7)9-2)15-10-13(3)14(12-20)11-18-15/h10-12H,8-9H2,1-7H3. The van der Waals surface area contributed by atoms with E-state index < -0.39 is 0 Å². The van der Waals surface area contributed by atoms with Crippen LogP contribution in [0.2, 0.25) is 0 Å². The van der Waals surface area contributed by atoms with Crippen molar-refractivity contribution in [3.8, 4) is 0 Å². The third kappa shape index (κ3) is 3.20. The quantitative estimate of drug-likeness (QED) is 0.723. The number of nitrogens with zero attached hydrogens (tertiary/aromatic N) is 2. The van der Waals surface area contributed by atoms with E-state index in [-0.39, 0.29) is 11.1 Å². The summed E-state index contributed by atoms with van der Waals surface area (Å²) in [5, 5.41) is 0. The summed E-state index contributed by atoms with van der Waals surface area (Å²) >= 11 is 0. The fourth-order valence-electron chi connectivity index (χ4n) is 2.55. The smallest absolute Gasteiger partial charge is 0.151 e. The number of aryl methyl sites for hydroxylation is 1. The lowest BCUT2D eigenvalue weighted by Crippen LogP contribution is -2.56. The van der Waals surface area contributed by atoms with Gasteiger partial charge < -0.3 is 4.90 Å². The summed E-state index contributed by atoms with van der Waals surface area (Å²) in [7, 11) is 0. The molecule has 112 valence electrons. The molecule has 0 N–H and O–H groups in total. The van der Waals surface area contributed by atoms with Gasteiger partial charge in [0.25, 0.3) is 0 Å². The monoisotopic (exact) mass is 276 g/mol. The Morgan fingerprint density at radius 1 is 1.15 bits per heavy atom. The van der Waals surface area contributed by atoms with Crippen LogP contribution in [0.3, 0.4) is 0 Å². The fraction of sp³-hybridized carbons (Fsp3) is 0.647. The summed E-state index contributed by atoms with van der Waals surface area (Å²) in [5.74, 6) is 0.951. The highest BCUT2D eigenvalue weighted by atomic mass is 16.1. The van der Waals surface area contributed by atoms with E-state index >= 15 is 0 Å². The van der Waals surface area contributed by atoms with Crippen molar-refractivity contribution < 1.29 is 4.79 Å². The second-order valence-corrected chi connectivity index (χ2v) is 6.68. The highest BCUT2D eigenvalue weighted by Gasteiger charge is 2.36. The number of rotatable bonds is 6. The van der Waals surface area contributed by atoms with Gasteiger partial charge in [-0.05, 0) is 59.1 Å². The molecule has 0 aliphatic heterocycles. The molecule has 0 aliphatic rings. The van der Waals surface area contributed by atoms with Crippen LogP contribution in [0.5, 0.6) is 0 Å². The molecule has 0 bridgehead atoms. The van der Waals surface area contributed by atoms with Crippen LogP contribution in [-0.2, 0) is 0 Å². The van der Waals surface area contributed by atoms with Crippen LogP contribution < -0.4 is 4.90 Å². The first-order chi connectivity index (χ1) is 9.19. The number of aromatic nitrogens is 1. The Labute approximate surface area is 123 Å². The lowest BCUT2D eigenvalue weighted by molar-refractivity contribution is 0.112. The first-order valence-electron chi connectivity index (χ1n) is 7.41. The van der Waals surface area contributed by atoms with Gasteiger partial charge in [0.05, 0.1) is 0 Å². The number of aldehydes is 1. The molecule has 20 heavy (non-hydrogen) atoms. The number of pyridine rings is 1. The van der Waals surface area contributed by atoms with Crippen LogP contribution >= 0.6 is 0 Å². The summed E-state index contributed by atoms with van der Waals surface area (Å²) < 4.78 is 0. The highest BCUT2D eigenvalue weighted by Crippen LogP contribution is 2.35. The van der Waals surface area contributed by atoms with Gasteiger partial charge in [-0.2, -0.15) is 0 Å². The minimum atomic E-state index is 0.0155. The van der Waals surface area contributed by atoms with Crippen LogP contribution in [0.25, 0.3) is 0 Å². The summed E-state index contributed by atoms with van der Waals surface area (Å²) in [6, 6.07) is 2.03. The highest BCUT2D eigenvalue weighted by molar-refractivity contribution is 5.77. The fourth-order valence-corrected chi connectivity index (χ4v) is 2.55. The summed E-state index contributed by atoms with van der Waals surface area (Å²) in [5.41, 5.74) is 1.68. The number of carbonyl (C=O) groups is 1. The molecule has 1 aromatic rings. The van der Waals surface area contributed by atoms with Crippen LogP contribution in [0, 0.1) is 6.92 Å². The van der Waals surface area contributed by atoms with Gasteiger partial charge >= 0.3 is 0 Å². The van der Waals surface area contributed by atoms with E-state index in [2.05, 4.69) is 51.4 Å². The second kappa shape index (κ2) is 5.94. The molecule has 0 saturated heterocycles. The van der Waals surface area contributed by atoms with Crippen LogP contribution in [0.15, 0.2) is 12.3 Å². The van der Waals surface area contributed by atoms with Crippen LogP contribution in [-0.4, -0.2) is 22.3 Å². The molecule has 1 heterocycles. The minimum Gasteiger partial charge on any atom is -0.346 e. The Balaban J connectivity index is 3.39. The summed E-state index contributed by atoms with van der Waals surface area (Å²) in [6.45, 7) is 15.3. The van der Waals surface area contributed by atoms with Gasteiger partial charge in [-0.3, -0.25) is 4.79 Å². The van der Waals surface area contributed by atoms with Crippen molar-refractivity contribution in [3.63, 3.8) is 0 Å². The van der Waals surface area contributed by atoms with E-state index in [1.165, 1.54) is 0 Å². The molecule has 0 unspecified atom stereocenters. The normalized spacial score (nSPS) is 12.3. The predicted octanol–water partition coefficient (Wildman–Crippen LogP) is 4.39. The van der Waals surface area contributed by atoms with E-state index in [1.54, 1.807) is 6.20 Å². The van der Waals surface area contributed by atoms with E-state index in [0.717, 1.165) is 30.5 Å². The average Bonchev–Trinajstić information content (AvgIpc) is 2.38. The third-order valence-electron chi connectivity index (χ3n) is 4.43. The summed E-state index contributed by atoms with van der Waals surface area (Å²) in [4.78, 5) is 17.9. The zero-order chi connectivity index (χ0) is 15.6. The first kappa shape index (κ1) is 16.7. The van der Waals surface area contributed by atoms with Gasteiger partial charge in [0.15, 0.2) is 6.29 Å². The molecule has 0 fully saturated rings. The van der Waals surface area contributed by atoms with Gasteiger partial charge in [-0.15, -0.1) is 0 Å². The zero-order valence-electron chi connectivity index (χ0n) is 13.9. The lowest BCUT2D eigenvalue weighted by Gasteiger charge is -2.49. The van der Waals surface area contributed by atoms with Crippen molar-refractivity contribution in [1.29, 1.82) is 0 Å². The van der Waals surface area contributed by atoms with Crippen molar-refractivity contribution in [2.45, 2.75) is 72.4 Å². The van der Waals surface area contributed by atoms with Gasteiger partial charge in [0.1, 0.15) is 5.82 Å². The van der Waals surface area contributed by atoms with Gasteiger partial charge in [0.2, 0.25) is 0 Å². The van der Waals surface area contributed by atoms with Crippen molar-refractivity contribution in [1.82, 2.24) is 4.98 Å². The molecule has 3 nitrogen and oxygen atoms in total. The van der Waals surface area contributed by atoms with Crippen molar-refractivity contribution in [3.05, 3.63) is 23.4 Å². The van der Waals surface area contributed by atoms with E-state index in [4.69, 9.17) is 0 Å². The number of carbonyl (C=O) groups excluding carboxylic acids is 1. The Morgan fingerprint density at radius 3 is 2.00 bits per heavy atom. The topological polar surface area (TPSA) is 33.2 Å². The van der Waals surface area contributed by atoms with E-state index in [0.29, 0.717) is 5.56 Å². The molecule has 0 atom stereocenters. The third-order valence-corrected chi connectivity index (χ3v) is 4.43. The molecule has 0 aliphatic carbocycles. The molecule has 0 spiro atoms. The second-order valence-electron chi connectivity index (χ2n) is 6.68. The number of hydrogen-bond acceptors (Lipinski definition) is 3. The largest absolute Gasteiger partial charge is 0.346 e. The Morgan fingerprint density at radius 2 is 1.65 bits per heavy atom. The SMILES string of the molecule is CCC(C)(C)N(c1cc(C)c(C=O)cn1)C(C)(C)CC. The first-order valence-corrected chi connectivity index (χ1v) is 7.41. The molecule has 1 rings (SSSR count). The van der Waals surface area contributed by atoms with Crippen molar-refractivity contribution in [2.75, 3.05) is 4.90 Å². The maximum atomic E-state index is 11.0. The van der Waals surface area contributed by atoms with Crippen LogP contribution in [0.1, 0.15) is 70.3 Å². The molecule has 1 aromatic heterocycles. The van der Waals surface area contributed by atoms with Crippen LogP contribution in [0.4, 0.5) is 5.82 Å². The lowest BCUT2D eigenvalue weighted by atomic mass is 9.89. The zero-order valence-corrected chi connectivity index (χ0v) is 13.9. The Hall–Kier alpha value is -1.38. The number of anilines is 1. The Bertz CT molecular complexity index is 462. The molecule has 0 radical (unpaired) electrons. The van der Waals surface area contributed by atoms with Crippen molar-refractivity contribution in [2.24, 2.45) is 0 Å². The maximum Gasteiger partial charge on any atom is 0.151 e. The molecule has 3 heteroatoms. The van der Waals surface area contributed by atoms with Crippen molar-refractivity contribution >= 4 is 12.1 Å². The number of hydrogen-bond donors (Lipinski definition) is 0. The Kier molecular flexibility index (Phi) is 4.95.